The van der Waals surface area contributed by atoms with Crippen LogP contribution in [0.5, 0.6) is 0 Å². The fraction of sp³-hybridized carbons (Fsp3) is 0.250. The quantitative estimate of drug-likeness (QED) is 0.877. The van der Waals surface area contributed by atoms with Gasteiger partial charge < -0.3 is 11.1 Å². The van der Waals surface area contributed by atoms with Gasteiger partial charge in [-0.15, -0.1) is 0 Å². The number of hydrogen-bond acceptors (Lipinski definition) is 2. The zero-order valence-electron chi connectivity index (χ0n) is 11.3. The van der Waals surface area contributed by atoms with Gasteiger partial charge in [0.25, 0.3) is 0 Å². The number of nitrogens with one attached hydrogen (secondary N) is 1. The standard InChI is InChI=1S/C16H19FN2/c1-11-3-4-12(2)16(9-11)19-15-6-5-14(17)10-13(15)7-8-18/h3-6,9-10,19H,7-8,18H2,1-2H3. The Hall–Kier alpha value is -1.87. The summed E-state index contributed by atoms with van der Waals surface area (Å²) in [5.74, 6) is -0.227. The summed E-state index contributed by atoms with van der Waals surface area (Å²) in [6.45, 7) is 4.61. The first-order valence-electron chi connectivity index (χ1n) is 6.43. The number of nitrogens with two attached hydrogens (primary N) is 1. The normalized spacial score (nSPS) is 10.5. The molecule has 0 aliphatic rings. The highest BCUT2D eigenvalue weighted by Crippen LogP contribution is 2.25. The molecule has 2 aromatic rings. The van der Waals surface area contributed by atoms with Crippen molar-refractivity contribution < 1.29 is 4.39 Å². The van der Waals surface area contributed by atoms with Gasteiger partial charge in [-0.1, -0.05) is 12.1 Å². The van der Waals surface area contributed by atoms with Gasteiger partial charge in [-0.3, -0.25) is 0 Å². The van der Waals surface area contributed by atoms with E-state index in [-0.39, 0.29) is 5.82 Å². The Morgan fingerprint density at radius 1 is 1.05 bits per heavy atom. The van der Waals surface area contributed by atoms with Gasteiger partial charge in [-0.25, -0.2) is 4.39 Å². The molecule has 0 aliphatic carbocycles. The summed E-state index contributed by atoms with van der Waals surface area (Å²) in [4.78, 5) is 0. The fourth-order valence-corrected chi connectivity index (χ4v) is 2.06. The molecular weight excluding hydrogens is 239 g/mol. The van der Waals surface area contributed by atoms with Crippen molar-refractivity contribution in [1.82, 2.24) is 0 Å². The SMILES string of the molecule is Cc1ccc(C)c(Nc2ccc(F)cc2CCN)c1. The van der Waals surface area contributed by atoms with Crippen LogP contribution >= 0.6 is 0 Å². The number of aryl methyl sites for hydroxylation is 2. The van der Waals surface area contributed by atoms with E-state index in [0.29, 0.717) is 13.0 Å². The molecule has 0 saturated carbocycles. The van der Waals surface area contributed by atoms with Crippen LogP contribution in [0.25, 0.3) is 0 Å². The second-order valence-corrected chi connectivity index (χ2v) is 4.78. The molecule has 3 N–H and O–H groups in total. The minimum absolute atomic E-state index is 0.227. The Labute approximate surface area is 113 Å². The van der Waals surface area contributed by atoms with Gasteiger partial charge in [0.2, 0.25) is 0 Å². The highest BCUT2D eigenvalue weighted by Gasteiger charge is 2.06. The smallest absolute Gasteiger partial charge is 0.123 e. The molecule has 0 atom stereocenters. The van der Waals surface area contributed by atoms with E-state index in [2.05, 4.69) is 30.4 Å². The molecule has 0 bridgehead atoms. The van der Waals surface area contributed by atoms with E-state index in [1.54, 1.807) is 12.1 Å². The number of rotatable bonds is 4. The van der Waals surface area contributed by atoms with E-state index in [1.807, 2.05) is 6.92 Å². The lowest BCUT2D eigenvalue weighted by atomic mass is 10.1. The number of anilines is 2. The van der Waals surface area contributed by atoms with Crippen molar-refractivity contribution >= 4 is 11.4 Å². The van der Waals surface area contributed by atoms with Crippen LogP contribution in [0.3, 0.4) is 0 Å². The molecule has 2 nitrogen and oxygen atoms in total. The van der Waals surface area contributed by atoms with Crippen LogP contribution in [0, 0.1) is 19.7 Å². The predicted molar refractivity (Wildman–Crippen MR) is 78.4 cm³/mol. The maximum Gasteiger partial charge on any atom is 0.123 e. The van der Waals surface area contributed by atoms with Crippen LogP contribution in [0.15, 0.2) is 36.4 Å². The summed E-state index contributed by atoms with van der Waals surface area (Å²) in [6.07, 6.45) is 0.658. The predicted octanol–water partition coefficient (Wildman–Crippen LogP) is 3.69. The number of benzene rings is 2. The van der Waals surface area contributed by atoms with Crippen LogP contribution in [-0.2, 0) is 6.42 Å². The van der Waals surface area contributed by atoms with E-state index >= 15 is 0 Å². The molecule has 0 unspecified atom stereocenters. The first kappa shape index (κ1) is 13.6. The largest absolute Gasteiger partial charge is 0.355 e. The van der Waals surface area contributed by atoms with Crippen molar-refractivity contribution in [2.45, 2.75) is 20.3 Å². The maximum atomic E-state index is 13.3. The zero-order chi connectivity index (χ0) is 13.8. The molecule has 0 radical (unpaired) electrons. The third kappa shape index (κ3) is 3.32. The molecule has 2 aromatic carbocycles. The molecule has 0 spiro atoms. The van der Waals surface area contributed by atoms with Crippen molar-refractivity contribution in [2.24, 2.45) is 5.73 Å². The second-order valence-electron chi connectivity index (χ2n) is 4.78. The van der Waals surface area contributed by atoms with Gasteiger partial charge in [0, 0.05) is 11.4 Å². The Kier molecular flexibility index (Phi) is 4.17. The lowest BCUT2D eigenvalue weighted by Crippen LogP contribution is -2.06. The third-order valence-electron chi connectivity index (χ3n) is 3.14. The Morgan fingerprint density at radius 2 is 1.84 bits per heavy atom. The lowest BCUT2D eigenvalue weighted by Gasteiger charge is -2.14. The highest BCUT2D eigenvalue weighted by molar-refractivity contribution is 5.66. The van der Waals surface area contributed by atoms with E-state index < -0.39 is 0 Å². The summed E-state index contributed by atoms with van der Waals surface area (Å²) in [5, 5.41) is 3.37. The molecule has 19 heavy (non-hydrogen) atoms. The van der Waals surface area contributed by atoms with E-state index in [1.165, 1.54) is 11.6 Å². The minimum atomic E-state index is -0.227. The van der Waals surface area contributed by atoms with Gasteiger partial charge in [-0.2, -0.15) is 0 Å². The van der Waals surface area contributed by atoms with Crippen LogP contribution in [0.4, 0.5) is 15.8 Å². The van der Waals surface area contributed by atoms with Gasteiger partial charge in [0.1, 0.15) is 5.82 Å². The molecule has 0 heterocycles. The molecule has 0 saturated heterocycles. The maximum absolute atomic E-state index is 13.3. The summed E-state index contributed by atoms with van der Waals surface area (Å²) < 4.78 is 13.3. The van der Waals surface area contributed by atoms with Crippen LogP contribution in [0.2, 0.25) is 0 Å². The zero-order valence-corrected chi connectivity index (χ0v) is 11.3. The van der Waals surface area contributed by atoms with Crippen molar-refractivity contribution in [1.29, 1.82) is 0 Å². The molecule has 2 rings (SSSR count). The second kappa shape index (κ2) is 5.85. The Bertz CT molecular complexity index is 579. The van der Waals surface area contributed by atoms with Gasteiger partial charge >= 0.3 is 0 Å². The van der Waals surface area contributed by atoms with Crippen molar-refractivity contribution in [2.75, 3.05) is 11.9 Å². The Morgan fingerprint density at radius 3 is 2.58 bits per heavy atom. The summed E-state index contributed by atoms with van der Waals surface area (Å²) in [7, 11) is 0. The molecule has 0 aromatic heterocycles. The van der Waals surface area contributed by atoms with Crippen molar-refractivity contribution in [3.63, 3.8) is 0 Å². The monoisotopic (exact) mass is 258 g/mol. The van der Waals surface area contributed by atoms with E-state index in [9.17, 15) is 4.39 Å². The first-order valence-corrected chi connectivity index (χ1v) is 6.43. The summed E-state index contributed by atoms with van der Waals surface area (Å²) in [6, 6.07) is 11.0. The average molecular weight is 258 g/mol. The van der Waals surface area contributed by atoms with E-state index in [4.69, 9.17) is 5.73 Å². The molecule has 100 valence electrons. The Balaban J connectivity index is 2.34. The lowest BCUT2D eigenvalue weighted by molar-refractivity contribution is 0.625. The number of hydrogen-bond donors (Lipinski definition) is 2. The summed E-state index contributed by atoms with van der Waals surface area (Å²) in [5.41, 5.74) is 10.8. The van der Waals surface area contributed by atoms with Gasteiger partial charge in [0.15, 0.2) is 0 Å². The topological polar surface area (TPSA) is 38.0 Å². The molecule has 0 amide bonds. The van der Waals surface area contributed by atoms with Crippen molar-refractivity contribution in [3.8, 4) is 0 Å². The average Bonchev–Trinajstić information content (AvgIpc) is 2.37. The minimum Gasteiger partial charge on any atom is -0.355 e. The van der Waals surface area contributed by atoms with E-state index in [0.717, 1.165) is 22.5 Å². The van der Waals surface area contributed by atoms with Crippen molar-refractivity contribution in [3.05, 3.63) is 58.9 Å². The highest BCUT2D eigenvalue weighted by atomic mass is 19.1. The van der Waals surface area contributed by atoms with Gasteiger partial charge in [-0.05, 0) is 67.8 Å². The number of halogens is 1. The molecular formula is C16H19FN2. The molecule has 0 fully saturated rings. The fourth-order valence-electron chi connectivity index (χ4n) is 2.06. The molecule has 0 aliphatic heterocycles. The van der Waals surface area contributed by atoms with Crippen LogP contribution < -0.4 is 11.1 Å². The van der Waals surface area contributed by atoms with Gasteiger partial charge in [0.05, 0.1) is 0 Å². The van der Waals surface area contributed by atoms with Crippen LogP contribution in [-0.4, -0.2) is 6.54 Å². The molecule has 3 heteroatoms. The summed E-state index contributed by atoms with van der Waals surface area (Å²) >= 11 is 0. The first-order chi connectivity index (χ1) is 9.10. The third-order valence-corrected chi connectivity index (χ3v) is 3.14. The van der Waals surface area contributed by atoms with Crippen LogP contribution in [0.1, 0.15) is 16.7 Å².